The zero-order valence-electron chi connectivity index (χ0n) is 12.3. The number of benzene rings is 2. The van der Waals surface area contributed by atoms with Crippen LogP contribution >= 0.6 is 0 Å². The summed E-state index contributed by atoms with van der Waals surface area (Å²) in [5, 5.41) is 14.0. The molecule has 110 valence electrons. The molecule has 2 aromatic rings. The highest BCUT2D eigenvalue weighted by Gasteiger charge is 2.25. The van der Waals surface area contributed by atoms with Crippen LogP contribution in [-0.4, -0.2) is 17.8 Å². The Hall–Kier alpha value is -2.00. The SMILES string of the molecule is CCOc1ccc(C(O)C2CCc3ccccc3N2)cc1. The van der Waals surface area contributed by atoms with Crippen LogP contribution in [0.25, 0.3) is 0 Å². The van der Waals surface area contributed by atoms with E-state index in [2.05, 4.69) is 23.5 Å². The average molecular weight is 283 g/mol. The van der Waals surface area contributed by atoms with Gasteiger partial charge in [-0.2, -0.15) is 0 Å². The van der Waals surface area contributed by atoms with E-state index >= 15 is 0 Å². The molecule has 21 heavy (non-hydrogen) atoms. The molecule has 2 atom stereocenters. The molecule has 0 bridgehead atoms. The van der Waals surface area contributed by atoms with Gasteiger partial charge in [0, 0.05) is 5.69 Å². The van der Waals surface area contributed by atoms with E-state index in [0.717, 1.165) is 29.8 Å². The molecule has 2 unspecified atom stereocenters. The van der Waals surface area contributed by atoms with Crippen LogP contribution in [-0.2, 0) is 6.42 Å². The largest absolute Gasteiger partial charge is 0.494 e. The third-order valence-corrected chi connectivity index (χ3v) is 4.00. The maximum Gasteiger partial charge on any atom is 0.119 e. The highest BCUT2D eigenvalue weighted by atomic mass is 16.5. The van der Waals surface area contributed by atoms with Crippen LogP contribution in [0.1, 0.15) is 30.6 Å². The van der Waals surface area contributed by atoms with Gasteiger partial charge in [-0.05, 0) is 49.1 Å². The monoisotopic (exact) mass is 283 g/mol. The summed E-state index contributed by atoms with van der Waals surface area (Å²) >= 11 is 0. The summed E-state index contributed by atoms with van der Waals surface area (Å²) in [6, 6.07) is 16.1. The molecular formula is C18H21NO2. The quantitative estimate of drug-likeness (QED) is 0.901. The summed E-state index contributed by atoms with van der Waals surface area (Å²) in [5.74, 6) is 0.843. The number of para-hydroxylation sites is 1. The number of anilines is 1. The molecule has 0 spiro atoms. The van der Waals surface area contributed by atoms with Crippen LogP contribution in [0, 0.1) is 0 Å². The van der Waals surface area contributed by atoms with E-state index in [0.29, 0.717) is 6.61 Å². The Kier molecular flexibility index (Phi) is 4.11. The van der Waals surface area contributed by atoms with Crippen molar-refractivity contribution < 1.29 is 9.84 Å². The van der Waals surface area contributed by atoms with Crippen molar-refractivity contribution in [3.8, 4) is 5.75 Å². The highest BCUT2D eigenvalue weighted by molar-refractivity contribution is 5.54. The van der Waals surface area contributed by atoms with Crippen LogP contribution in [0.2, 0.25) is 0 Å². The smallest absolute Gasteiger partial charge is 0.119 e. The van der Waals surface area contributed by atoms with Crippen molar-refractivity contribution in [1.29, 1.82) is 0 Å². The summed E-state index contributed by atoms with van der Waals surface area (Å²) in [6.07, 6.45) is 1.43. The van der Waals surface area contributed by atoms with Gasteiger partial charge in [-0.1, -0.05) is 30.3 Å². The normalized spacial score (nSPS) is 18.5. The Bertz CT molecular complexity index is 594. The topological polar surface area (TPSA) is 41.5 Å². The predicted octanol–water partition coefficient (Wildman–Crippen LogP) is 3.55. The van der Waals surface area contributed by atoms with Gasteiger partial charge >= 0.3 is 0 Å². The van der Waals surface area contributed by atoms with E-state index in [-0.39, 0.29) is 6.04 Å². The Balaban J connectivity index is 1.72. The van der Waals surface area contributed by atoms with Gasteiger partial charge in [0.25, 0.3) is 0 Å². The molecule has 0 aromatic heterocycles. The Morgan fingerprint density at radius 2 is 1.95 bits per heavy atom. The van der Waals surface area contributed by atoms with Crippen molar-refractivity contribution in [3.63, 3.8) is 0 Å². The first-order valence-corrected chi connectivity index (χ1v) is 7.53. The molecular weight excluding hydrogens is 262 g/mol. The third kappa shape index (κ3) is 3.03. The highest BCUT2D eigenvalue weighted by Crippen LogP contribution is 2.31. The first-order valence-electron chi connectivity index (χ1n) is 7.53. The summed E-state index contributed by atoms with van der Waals surface area (Å²) in [7, 11) is 0. The first kappa shape index (κ1) is 14.0. The van der Waals surface area contributed by atoms with Crippen molar-refractivity contribution in [1.82, 2.24) is 0 Å². The van der Waals surface area contributed by atoms with Crippen molar-refractivity contribution in [3.05, 3.63) is 59.7 Å². The maximum atomic E-state index is 10.6. The van der Waals surface area contributed by atoms with E-state index in [1.54, 1.807) is 0 Å². The second kappa shape index (κ2) is 6.19. The molecule has 0 saturated heterocycles. The van der Waals surface area contributed by atoms with Gasteiger partial charge in [0.2, 0.25) is 0 Å². The fourth-order valence-corrected chi connectivity index (χ4v) is 2.86. The van der Waals surface area contributed by atoms with Crippen molar-refractivity contribution in [2.24, 2.45) is 0 Å². The minimum Gasteiger partial charge on any atom is -0.494 e. The zero-order chi connectivity index (χ0) is 14.7. The standard InChI is InChI=1S/C18H21NO2/c1-2-21-15-10-7-14(8-11-15)18(20)17-12-9-13-5-3-4-6-16(13)19-17/h3-8,10-11,17-20H,2,9,12H2,1H3. The predicted molar refractivity (Wildman–Crippen MR) is 84.7 cm³/mol. The zero-order valence-corrected chi connectivity index (χ0v) is 12.3. The third-order valence-electron chi connectivity index (χ3n) is 4.00. The van der Waals surface area contributed by atoms with E-state index in [9.17, 15) is 5.11 Å². The Morgan fingerprint density at radius 3 is 2.71 bits per heavy atom. The number of nitrogens with one attached hydrogen (secondary N) is 1. The molecule has 0 fully saturated rings. The second-order valence-corrected chi connectivity index (χ2v) is 5.39. The lowest BCUT2D eigenvalue weighted by molar-refractivity contribution is 0.149. The van der Waals surface area contributed by atoms with E-state index < -0.39 is 6.10 Å². The number of aryl methyl sites for hydroxylation is 1. The molecule has 1 aliphatic heterocycles. The molecule has 2 aromatic carbocycles. The lowest BCUT2D eigenvalue weighted by atomic mass is 9.92. The molecule has 0 saturated carbocycles. The summed E-state index contributed by atoms with van der Waals surface area (Å²) in [4.78, 5) is 0. The van der Waals surface area contributed by atoms with E-state index in [4.69, 9.17) is 4.74 Å². The fraction of sp³-hybridized carbons (Fsp3) is 0.333. The molecule has 0 radical (unpaired) electrons. The van der Waals surface area contributed by atoms with Crippen LogP contribution in [0.3, 0.4) is 0 Å². The maximum absolute atomic E-state index is 10.6. The summed E-state index contributed by atoms with van der Waals surface area (Å²) in [5.41, 5.74) is 3.39. The number of aliphatic hydroxyl groups is 1. The van der Waals surface area contributed by atoms with Crippen molar-refractivity contribution >= 4 is 5.69 Å². The van der Waals surface area contributed by atoms with Gasteiger partial charge in [0.15, 0.2) is 0 Å². The molecule has 3 rings (SSSR count). The molecule has 1 aliphatic rings. The van der Waals surface area contributed by atoms with Crippen molar-refractivity contribution in [2.45, 2.75) is 31.9 Å². The summed E-state index contributed by atoms with van der Waals surface area (Å²) < 4.78 is 5.44. The van der Waals surface area contributed by atoms with Gasteiger partial charge in [0.1, 0.15) is 5.75 Å². The van der Waals surface area contributed by atoms with Gasteiger partial charge in [0.05, 0.1) is 18.8 Å². The molecule has 3 heteroatoms. The second-order valence-electron chi connectivity index (χ2n) is 5.39. The number of ether oxygens (including phenoxy) is 1. The lowest BCUT2D eigenvalue weighted by Crippen LogP contribution is -2.31. The van der Waals surface area contributed by atoms with Crippen molar-refractivity contribution in [2.75, 3.05) is 11.9 Å². The number of fused-ring (bicyclic) bond motifs is 1. The minimum absolute atomic E-state index is 0.0536. The van der Waals surface area contributed by atoms with Crippen LogP contribution < -0.4 is 10.1 Å². The first-order chi connectivity index (χ1) is 10.3. The molecule has 3 nitrogen and oxygen atoms in total. The van der Waals surface area contributed by atoms with Crippen LogP contribution in [0.15, 0.2) is 48.5 Å². The number of hydrogen-bond donors (Lipinski definition) is 2. The van der Waals surface area contributed by atoms with E-state index in [1.807, 2.05) is 37.3 Å². The number of hydrogen-bond acceptors (Lipinski definition) is 3. The van der Waals surface area contributed by atoms with Gasteiger partial charge in [-0.15, -0.1) is 0 Å². The Labute approximate surface area is 125 Å². The number of rotatable bonds is 4. The van der Waals surface area contributed by atoms with Gasteiger partial charge < -0.3 is 15.2 Å². The molecule has 0 aliphatic carbocycles. The van der Waals surface area contributed by atoms with Crippen LogP contribution in [0.5, 0.6) is 5.75 Å². The van der Waals surface area contributed by atoms with Gasteiger partial charge in [-0.3, -0.25) is 0 Å². The minimum atomic E-state index is -0.506. The molecule has 1 heterocycles. The molecule has 2 N–H and O–H groups in total. The van der Waals surface area contributed by atoms with Crippen LogP contribution in [0.4, 0.5) is 5.69 Å². The average Bonchev–Trinajstić information content (AvgIpc) is 2.55. The Morgan fingerprint density at radius 1 is 1.19 bits per heavy atom. The fourth-order valence-electron chi connectivity index (χ4n) is 2.86. The number of aliphatic hydroxyl groups excluding tert-OH is 1. The molecule has 0 amide bonds. The van der Waals surface area contributed by atoms with Gasteiger partial charge in [-0.25, -0.2) is 0 Å². The summed E-state index contributed by atoms with van der Waals surface area (Å²) in [6.45, 7) is 2.62. The lowest BCUT2D eigenvalue weighted by Gasteiger charge is -2.30. The van der Waals surface area contributed by atoms with E-state index in [1.165, 1.54) is 5.56 Å².